The van der Waals surface area contributed by atoms with Gasteiger partial charge < -0.3 is 5.32 Å². The molecule has 0 aliphatic rings. The molecule has 5 heteroatoms. The quantitative estimate of drug-likeness (QED) is 0.583. The number of carbonyl (C=O) groups is 2. The van der Waals surface area contributed by atoms with Crippen molar-refractivity contribution in [3.8, 4) is 0 Å². The van der Waals surface area contributed by atoms with Gasteiger partial charge in [0, 0.05) is 20.5 Å². The van der Waals surface area contributed by atoms with Gasteiger partial charge in [-0.2, -0.15) is 0 Å². The smallest absolute Gasteiger partial charge is 0.258 e. The molecule has 0 radical (unpaired) electrons. The highest BCUT2D eigenvalue weighted by Crippen LogP contribution is 1.88. The van der Waals surface area contributed by atoms with Crippen molar-refractivity contribution in [2.24, 2.45) is 0 Å². The maximum Gasteiger partial charge on any atom is 0.258 e. The minimum Gasteiger partial charge on any atom is -0.345 e. The van der Waals surface area contributed by atoms with Crippen molar-refractivity contribution in [3.63, 3.8) is 0 Å². The van der Waals surface area contributed by atoms with Crippen LogP contribution in [0.4, 0.5) is 0 Å². The van der Waals surface area contributed by atoms with Crippen LogP contribution in [0.2, 0.25) is 0 Å². The average Bonchev–Trinajstić information content (AvgIpc) is 2.02. The summed E-state index contributed by atoms with van der Waals surface area (Å²) in [7, 11) is 1.63. The maximum absolute atomic E-state index is 11.4. The van der Waals surface area contributed by atoms with Crippen LogP contribution in [0.15, 0.2) is 0 Å². The molecule has 76 valence electrons. The number of nitrogens with one attached hydrogen (secondary N) is 2. The van der Waals surface area contributed by atoms with Gasteiger partial charge in [0.25, 0.3) is 5.91 Å². The first-order valence-electron chi connectivity index (χ1n) is 4.27. The van der Waals surface area contributed by atoms with Crippen molar-refractivity contribution < 1.29 is 9.59 Å². The van der Waals surface area contributed by atoms with E-state index in [1.807, 2.05) is 6.92 Å². The first kappa shape index (κ1) is 11.9. The first-order chi connectivity index (χ1) is 5.99. The first-order valence-corrected chi connectivity index (χ1v) is 4.27. The highest BCUT2D eigenvalue weighted by Gasteiger charge is 2.16. The monoisotopic (exact) mass is 187 g/mol. The zero-order valence-corrected chi connectivity index (χ0v) is 8.55. The van der Waals surface area contributed by atoms with Crippen LogP contribution in [-0.2, 0) is 9.59 Å². The summed E-state index contributed by atoms with van der Waals surface area (Å²) in [5.74, 6) is -0.359. The van der Waals surface area contributed by atoms with Crippen LogP contribution in [0.25, 0.3) is 0 Å². The molecule has 1 unspecified atom stereocenters. The molecule has 2 amide bonds. The molecule has 0 aliphatic carbocycles. The van der Waals surface area contributed by atoms with Gasteiger partial charge in [0.15, 0.2) is 0 Å². The van der Waals surface area contributed by atoms with Crippen molar-refractivity contribution in [3.05, 3.63) is 0 Å². The predicted octanol–water partition coefficient (Wildman–Crippen LogP) is -0.506. The molecule has 0 bridgehead atoms. The van der Waals surface area contributed by atoms with Crippen LogP contribution in [0.3, 0.4) is 0 Å². The van der Waals surface area contributed by atoms with E-state index in [1.54, 1.807) is 14.0 Å². The van der Waals surface area contributed by atoms with Crippen molar-refractivity contribution in [1.29, 1.82) is 0 Å². The van der Waals surface area contributed by atoms with E-state index in [0.29, 0.717) is 6.54 Å². The molecule has 5 nitrogen and oxygen atoms in total. The molecular weight excluding hydrogens is 170 g/mol. The number of hydrazine groups is 1. The van der Waals surface area contributed by atoms with E-state index in [4.69, 9.17) is 0 Å². The molecular formula is C8H17N3O2. The lowest BCUT2D eigenvalue weighted by Gasteiger charge is -2.21. The van der Waals surface area contributed by atoms with Gasteiger partial charge in [0.05, 0.1) is 0 Å². The Labute approximate surface area is 78.4 Å². The second kappa shape index (κ2) is 5.53. The van der Waals surface area contributed by atoms with Gasteiger partial charge in [-0.3, -0.25) is 14.6 Å². The van der Waals surface area contributed by atoms with E-state index in [0.717, 1.165) is 0 Å². The Kier molecular flexibility index (Phi) is 5.06. The van der Waals surface area contributed by atoms with Gasteiger partial charge in [-0.15, -0.1) is 0 Å². The molecule has 0 aromatic heterocycles. The Morgan fingerprint density at radius 1 is 1.46 bits per heavy atom. The third kappa shape index (κ3) is 4.47. The van der Waals surface area contributed by atoms with E-state index in [2.05, 4.69) is 10.7 Å². The van der Waals surface area contributed by atoms with Gasteiger partial charge in [-0.25, -0.2) is 5.43 Å². The van der Waals surface area contributed by atoms with Crippen LogP contribution in [0.5, 0.6) is 0 Å². The number of carbonyl (C=O) groups excluding carboxylic acids is 2. The van der Waals surface area contributed by atoms with Crippen LogP contribution in [0.1, 0.15) is 20.8 Å². The number of likely N-dealkylation sites (N-methyl/N-ethyl adjacent to an activating group) is 1. The molecule has 0 fully saturated rings. The Bertz CT molecular complexity index is 194. The molecule has 13 heavy (non-hydrogen) atoms. The van der Waals surface area contributed by atoms with Gasteiger partial charge in [0.1, 0.15) is 6.04 Å². The van der Waals surface area contributed by atoms with Crippen LogP contribution in [-0.4, -0.2) is 36.5 Å². The molecule has 0 saturated carbocycles. The van der Waals surface area contributed by atoms with Crippen LogP contribution >= 0.6 is 0 Å². The molecule has 0 aliphatic heterocycles. The predicted molar refractivity (Wildman–Crippen MR) is 49.7 cm³/mol. The fourth-order valence-electron chi connectivity index (χ4n) is 0.972. The van der Waals surface area contributed by atoms with E-state index >= 15 is 0 Å². The summed E-state index contributed by atoms with van der Waals surface area (Å²) in [6.45, 7) is 5.61. The summed E-state index contributed by atoms with van der Waals surface area (Å²) in [5.41, 5.74) is 2.83. The van der Waals surface area contributed by atoms with E-state index in [9.17, 15) is 9.59 Å². The highest BCUT2D eigenvalue weighted by atomic mass is 16.2. The molecule has 0 rings (SSSR count). The van der Waals surface area contributed by atoms with Gasteiger partial charge in [-0.1, -0.05) is 6.92 Å². The summed E-state index contributed by atoms with van der Waals surface area (Å²) in [4.78, 5) is 22.1. The second-order valence-electron chi connectivity index (χ2n) is 2.83. The van der Waals surface area contributed by atoms with E-state index in [-0.39, 0.29) is 11.8 Å². The third-order valence-electron chi connectivity index (χ3n) is 1.52. The van der Waals surface area contributed by atoms with Crippen molar-refractivity contribution in [2.45, 2.75) is 26.8 Å². The average molecular weight is 187 g/mol. The lowest BCUT2D eigenvalue weighted by atomic mass is 10.3. The summed E-state index contributed by atoms with van der Waals surface area (Å²) in [6, 6.07) is -0.485. The van der Waals surface area contributed by atoms with Crippen LogP contribution in [0, 0.1) is 0 Å². The van der Waals surface area contributed by atoms with Crippen molar-refractivity contribution in [2.75, 3.05) is 13.6 Å². The van der Waals surface area contributed by atoms with Crippen molar-refractivity contribution in [1.82, 2.24) is 15.8 Å². The topological polar surface area (TPSA) is 61.4 Å². The summed E-state index contributed by atoms with van der Waals surface area (Å²) in [6.07, 6.45) is 0. The summed E-state index contributed by atoms with van der Waals surface area (Å²) in [5, 5.41) is 3.89. The van der Waals surface area contributed by atoms with Crippen molar-refractivity contribution >= 4 is 11.8 Å². The fraction of sp³-hybridized carbons (Fsp3) is 0.750. The van der Waals surface area contributed by atoms with E-state index in [1.165, 1.54) is 11.9 Å². The van der Waals surface area contributed by atoms with E-state index < -0.39 is 6.04 Å². The Balaban J connectivity index is 4.01. The number of amides is 2. The summed E-state index contributed by atoms with van der Waals surface area (Å²) < 4.78 is 0. The molecule has 0 aromatic rings. The van der Waals surface area contributed by atoms with Gasteiger partial charge in [-0.05, 0) is 6.92 Å². The zero-order chi connectivity index (χ0) is 10.4. The number of nitrogens with zero attached hydrogens (tertiary/aromatic N) is 1. The second-order valence-corrected chi connectivity index (χ2v) is 2.83. The molecule has 0 spiro atoms. The molecule has 2 N–H and O–H groups in total. The number of hydrogen-bond acceptors (Lipinski definition) is 3. The minimum atomic E-state index is -0.485. The number of rotatable bonds is 4. The highest BCUT2D eigenvalue weighted by molar-refractivity contribution is 5.85. The molecule has 1 atom stereocenters. The SMILES string of the molecule is CCNN(C)C(=O)C(C)NC(C)=O. The van der Waals surface area contributed by atoms with Crippen LogP contribution < -0.4 is 10.7 Å². The Morgan fingerprint density at radius 3 is 2.38 bits per heavy atom. The zero-order valence-electron chi connectivity index (χ0n) is 8.55. The lowest BCUT2D eigenvalue weighted by Crippen LogP contribution is -2.49. The fourth-order valence-corrected chi connectivity index (χ4v) is 0.972. The van der Waals surface area contributed by atoms with Gasteiger partial charge >= 0.3 is 0 Å². The normalized spacial score (nSPS) is 12.0. The minimum absolute atomic E-state index is 0.156. The Morgan fingerprint density at radius 2 is 2.00 bits per heavy atom. The maximum atomic E-state index is 11.4. The molecule has 0 aromatic carbocycles. The largest absolute Gasteiger partial charge is 0.345 e. The standard InChI is InChI=1S/C8H17N3O2/c1-5-9-11(4)8(13)6(2)10-7(3)12/h6,9H,5H2,1-4H3,(H,10,12). The third-order valence-corrected chi connectivity index (χ3v) is 1.52. The lowest BCUT2D eigenvalue weighted by molar-refractivity contribution is -0.136. The molecule has 0 heterocycles. The summed E-state index contributed by atoms with van der Waals surface area (Å²) >= 11 is 0. The number of hydrogen-bond donors (Lipinski definition) is 2. The van der Waals surface area contributed by atoms with Gasteiger partial charge in [0.2, 0.25) is 5.91 Å². The Hall–Kier alpha value is -1.10. The molecule has 0 saturated heterocycles.